The molecule has 1 saturated carbocycles. The van der Waals surface area contributed by atoms with Gasteiger partial charge in [-0.1, -0.05) is 18.2 Å². The zero-order valence-corrected chi connectivity index (χ0v) is 16.1. The molecule has 3 aliphatic rings. The standard InChI is InChI=1S/C21H28FN3O3/c22-6-5-20(26)25-13-15-11-18(19(25)12-15)23-21(27)17-4-2-1-3-16(17)14-24-7-9-28-10-8-24/h1-4,15,18-19H,5-14H2,(H,23,27)/t15-,18-,19-/m1/s1. The van der Waals surface area contributed by atoms with E-state index in [9.17, 15) is 14.0 Å². The van der Waals surface area contributed by atoms with Crippen LogP contribution in [0, 0.1) is 5.92 Å². The molecule has 1 aromatic rings. The minimum Gasteiger partial charge on any atom is -0.379 e. The lowest BCUT2D eigenvalue weighted by molar-refractivity contribution is -0.133. The van der Waals surface area contributed by atoms with Crippen LogP contribution >= 0.6 is 0 Å². The van der Waals surface area contributed by atoms with Crippen molar-refractivity contribution in [3.8, 4) is 0 Å². The Balaban J connectivity index is 1.42. The summed E-state index contributed by atoms with van der Waals surface area (Å²) in [5, 5.41) is 3.16. The Hall–Kier alpha value is -1.99. The number of hydrogen-bond acceptors (Lipinski definition) is 4. The Morgan fingerprint density at radius 2 is 1.96 bits per heavy atom. The number of nitrogens with zero attached hydrogens (tertiary/aromatic N) is 2. The average molecular weight is 389 g/mol. The molecule has 3 fully saturated rings. The summed E-state index contributed by atoms with van der Waals surface area (Å²) in [6.45, 7) is 3.99. The van der Waals surface area contributed by atoms with Crippen LogP contribution in [-0.2, 0) is 16.1 Å². The third-order valence-corrected chi connectivity index (χ3v) is 6.19. The predicted molar refractivity (Wildman–Crippen MR) is 103 cm³/mol. The summed E-state index contributed by atoms with van der Waals surface area (Å²) in [4.78, 5) is 29.3. The molecule has 152 valence electrons. The quantitative estimate of drug-likeness (QED) is 0.803. The number of amides is 2. The number of hydrogen-bond donors (Lipinski definition) is 1. The number of piperidine rings is 1. The lowest BCUT2D eigenvalue weighted by atomic mass is 10.0. The van der Waals surface area contributed by atoms with Crippen molar-refractivity contribution in [2.45, 2.75) is 37.9 Å². The van der Waals surface area contributed by atoms with Crippen molar-refractivity contribution in [1.82, 2.24) is 15.1 Å². The zero-order valence-electron chi connectivity index (χ0n) is 16.1. The number of rotatable bonds is 6. The normalized spacial score (nSPS) is 27.2. The number of halogens is 1. The molecule has 1 N–H and O–H groups in total. The summed E-state index contributed by atoms with van der Waals surface area (Å²) in [6.07, 6.45) is 1.73. The molecule has 6 nitrogen and oxygen atoms in total. The van der Waals surface area contributed by atoms with E-state index in [1.54, 1.807) is 4.90 Å². The number of carbonyl (C=O) groups is 2. The van der Waals surface area contributed by atoms with E-state index in [0.717, 1.165) is 51.3 Å². The number of ether oxygens (including phenoxy) is 1. The first-order valence-corrected chi connectivity index (χ1v) is 10.2. The highest BCUT2D eigenvalue weighted by Gasteiger charge is 2.47. The first kappa shape index (κ1) is 19.3. The van der Waals surface area contributed by atoms with Gasteiger partial charge in [0.15, 0.2) is 0 Å². The molecule has 0 aromatic heterocycles. The van der Waals surface area contributed by atoms with Crippen LogP contribution in [0.3, 0.4) is 0 Å². The molecule has 3 atom stereocenters. The van der Waals surface area contributed by atoms with Crippen LogP contribution in [0.4, 0.5) is 4.39 Å². The third kappa shape index (κ3) is 4.05. The molecule has 0 radical (unpaired) electrons. The van der Waals surface area contributed by atoms with Crippen LogP contribution in [0.2, 0.25) is 0 Å². The number of nitrogens with one attached hydrogen (secondary N) is 1. The highest BCUT2D eigenvalue weighted by molar-refractivity contribution is 5.96. The molecule has 28 heavy (non-hydrogen) atoms. The van der Waals surface area contributed by atoms with Gasteiger partial charge in [0.05, 0.1) is 32.4 Å². The summed E-state index contributed by atoms with van der Waals surface area (Å²) in [6, 6.07) is 7.66. The second-order valence-corrected chi connectivity index (χ2v) is 8.02. The number of carbonyl (C=O) groups excluding carboxylic acids is 2. The molecule has 4 rings (SSSR count). The van der Waals surface area contributed by atoms with Gasteiger partial charge in [0.25, 0.3) is 5.91 Å². The predicted octanol–water partition coefficient (Wildman–Crippen LogP) is 1.60. The van der Waals surface area contributed by atoms with Crippen molar-refractivity contribution >= 4 is 11.8 Å². The molecule has 0 spiro atoms. The fraction of sp³-hybridized carbons (Fsp3) is 0.619. The van der Waals surface area contributed by atoms with E-state index in [-0.39, 0.29) is 30.3 Å². The second kappa shape index (κ2) is 8.57. The smallest absolute Gasteiger partial charge is 0.251 e. The molecular weight excluding hydrogens is 361 g/mol. The van der Waals surface area contributed by atoms with E-state index in [4.69, 9.17) is 4.74 Å². The van der Waals surface area contributed by atoms with Crippen molar-refractivity contribution in [3.63, 3.8) is 0 Å². The van der Waals surface area contributed by atoms with Crippen LogP contribution in [0.5, 0.6) is 0 Å². The highest BCUT2D eigenvalue weighted by atomic mass is 19.1. The second-order valence-electron chi connectivity index (χ2n) is 8.02. The van der Waals surface area contributed by atoms with Gasteiger partial charge in [0.1, 0.15) is 0 Å². The lowest BCUT2D eigenvalue weighted by Gasteiger charge is -2.34. The fourth-order valence-corrected chi connectivity index (χ4v) is 4.82. The Morgan fingerprint density at radius 3 is 2.71 bits per heavy atom. The maximum atomic E-state index is 13.0. The van der Waals surface area contributed by atoms with E-state index >= 15 is 0 Å². The zero-order chi connectivity index (χ0) is 19.5. The molecule has 2 bridgehead atoms. The molecule has 0 unspecified atom stereocenters. The average Bonchev–Trinajstić information content (AvgIpc) is 3.30. The molecule has 1 aliphatic carbocycles. The largest absolute Gasteiger partial charge is 0.379 e. The van der Waals surface area contributed by atoms with Gasteiger partial charge in [0.2, 0.25) is 5.91 Å². The van der Waals surface area contributed by atoms with E-state index in [1.165, 1.54) is 0 Å². The van der Waals surface area contributed by atoms with E-state index in [1.807, 2.05) is 24.3 Å². The Bertz CT molecular complexity index is 723. The van der Waals surface area contributed by atoms with Crippen LogP contribution in [-0.4, -0.2) is 73.2 Å². The molecule has 1 aromatic carbocycles. The minimum absolute atomic E-state index is 0.000550. The van der Waals surface area contributed by atoms with Crippen LogP contribution in [0.1, 0.15) is 35.2 Å². The third-order valence-electron chi connectivity index (χ3n) is 6.19. The van der Waals surface area contributed by atoms with Crippen molar-refractivity contribution in [2.75, 3.05) is 39.5 Å². The first-order valence-electron chi connectivity index (χ1n) is 10.2. The molecular formula is C21H28FN3O3. The number of fused-ring (bicyclic) bond motifs is 2. The Kier molecular flexibility index (Phi) is 5.92. The summed E-state index contributed by atoms with van der Waals surface area (Å²) >= 11 is 0. The monoisotopic (exact) mass is 389 g/mol. The topological polar surface area (TPSA) is 61.9 Å². The van der Waals surface area contributed by atoms with Gasteiger partial charge < -0.3 is 15.0 Å². The minimum atomic E-state index is -0.626. The molecule has 2 aliphatic heterocycles. The van der Waals surface area contributed by atoms with Gasteiger partial charge in [0, 0.05) is 37.8 Å². The van der Waals surface area contributed by atoms with Crippen molar-refractivity contribution in [3.05, 3.63) is 35.4 Å². The van der Waals surface area contributed by atoms with Gasteiger partial charge in [-0.25, -0.2) is 0 Å². The fourth-order valence-electron chi connectivity index (χ4n) is 4.82. The van der Waals surface area contributed by atoms with Gasteiger partial charge in [-0.3, -0.25) is 18.9 Å². The number of likely N-dealkylation sites (tertiary alicyclic amines) is 1. The molecule has 2 saturated heterocycles. The summed E-state index contributed by atoms with van der Waals surface area (Å²) in [5.41, 5.74) is 1.70. The van der Waals surface area contributed by atoms with Gasteiger partial charge in [-0.2, -0.15) is 0 Å². The SMILES string of the molecule is O=C(N[C@@H]1C[C@@H]2C[C@H]1N(C(=O)CCF)C2)c1ccccc1CN1CCOCC1. The van der Waals surface area contributed by atoms with Gasteiger partial charge in [-0.15, -0.1) is 0 Å². The van der Waals surface area contributed by atoms with Crippen LogP contribution < -0.4 is 5.32 Å². The summed E-state index contributed by atoms with van der Waals surface area (Å²) in [5.74, 6) is 0.184. The van der Waals surface area contributed by atoms with E-state index < -0.39 is 6.67 Å². The van der Waals surface area contributed by atoms with Gasteiger partial charge in [-0.05, 0) is 30.4 Å². The highest BCUT2D eigenvalue weighted by Crippen LogP contribution is 2.38. The van der Waals surface area contributed by atoms with E-state index in [2.05, 4.69) is 10.2 Å². The Morgan fingerprint density at radius 1 is 1.18 bits per heavy atom. The van der Waals surface area contributed by atoms with Crippen molar-refractivity contribution < 1.29 is 18.7 Å². The van der Waals surface area contributed by atoms with Crippen molar-refractivity contribution in [1.29, 1.82) is 0 Å². The van der Waals surface area contributed by atoms with Crippen LogP contribution in [0.25, 0.3) is 0 Å². The molecule has 2 heterocycles. The molecule has 7 heteroatoms. The lowest BCUT2D eigenvalue weighted by Crippen LogP contribution is -2.52. The van der Waals surface area contributed by atoms with Crippen LogP contribution in [0.15, 0.2) is 24.3 Å². The van der Waals surface area contributed by atoms with Gasteiger partial charge >= 0.3 is 0 Å². The van der Waals surface area contributed by atoms with E-state index in [0.29, 0.717) is 18.0 Å². The summed E-state index contributed by atoms with van der Waals surface area (Å²) < 4.78 is 18.0. The molecule has 2 amide bonds. The summed E-state index contributed by atoms with van der Waals surface area (Å²) in [7, 11) is 0. The first-order chi connectivity index (χ1) is 13.7. The maximum Gasteiger partial charge on any atom is 0.251 e. The number of benzene rings is 1. The number of alkyl halides is 1. The van der Waals surface area contributed by atoms with Crippen molar-refractivity contribution in [2.24, 2.45) is 5.92 Å². The number of morpholine rings is 1. The Labute approximate surface area is 165 Å². The maximum absolute atomic E-state index is 13.0.